The first-order valence-electron chi connectivity index (χ1n) is 12.9. The average molecular weight is 508 g/mol. The Morgan fingerprint density at radius 1 is 1.17 bits per heavy atom. The van der Waals surface area contributed by atoms with Gasteiger partial charge in [-0.25, -0.2) is 0 Å². The van der Waals surface area contributed by atoms with Crippen LogP contribution in [-0.2, 0) is 0 Å². The molecule has 0 aliphatic rings. The Morgan fingerprint density at radius 2 is 1.89 bits per heavy atom. The monoisotopic (exact) mass is 507 g/mol. The van der Waals surface area contributed by atoms with E-state index in [1.54, 1.807) is 11.3 Å². The van der Waals surface area contributed by atoms with E-state index in [0.717, 1.165) is 37.5 Å². The highest BCUT2D eigenvalue weighted by Gasteiger charge is 2.25. The van der Waals surface area contributed by atoms with Gasteiger partial charge in [0.25, 0.3) is 5.91 Å². The second-order valence-corrected chi connectivity index (χ2v) is 11.2. The Kier molecular flexibility index (Phi) is 10.0. The lowest BCUT2D eigenvalue weighted by Crippen LogP contribution is -2.36. The Morgan fingerprint density at radius 3 is 2.47 bits per heavy atom. The van der Waals surface area contributed by atoms with Gasteiger partial charge in [0.2, 0.25) is 0 Å². The van der Waals surface area contributed by atoms with E-state index < -0.39 is 0 Å². The standard InChI is InChI=1S/C29H41N5OS/c1-8-24(19-25(9-2)34-22(6)31-32-28(34)20(3)4)33(7)18-17-26(27-16-15-21(5)36-27)30-29(35)23-13-11-10-12-14-23/h8,10-16,20,24-26H,1,9,17-19H2,2-7H3,(H,30,35). The predicted octanol–water partition coefficient (Wildman–Crippen LogP) is 6.47. The highest BCUT2D eigenvalue weighted by atomic mass is 32.1. The lowest BCUT2D eigenvalue weighted by molar-refractivity contribution is 0.0931. The molecule has 7 heteroatoms. The highest BCUT2D eigenvalue weighted by Crippen LogP contribution is 2.29. The van der Waals surface area contributed by atoms with Crippen LogP contribution in [0.15, 0.2) is 55.1 Å². The number of carbonyl (C=O) groups is 1. The summed E-state index contributed by atoms with van der Waals surface area (Å²) in [5, 5.41) is 12.1. The third-order valence-corrected chi connectivity index (χ3v) is 7.93. The fourth-order valence-corrected chi connectivity index (χ4v) is 5.64. The van der Waals surface area contributed by atoms with Gasteiger partial charge >= 0.3 is 0 Å². The molecule has 0 spiro atoms. The number of nitrogens with zero attached hydrogens (tertiary/aromatic N) is 4. The summed E-state index contributed by atoms with van der Waals surface area (Å²) in [7, 11) is 2.15. The number of hydrogen-bond donors (Lipinski definition) is 1. The number of hydrogen-bond acceptors (Lipinski definition) is 5. The number of aromatic nitrogens is 3. The largest absolute Gasteiger partial charge is 0.344 e. The Hall–Kier alpha value is -2.77. The van der Waals surface area contributed by atoms with Crippen molar-refractivity contribution >= 4 is 17.2 Å². The number of rotatable bonds is 13. The van der Waals surface area contributed by atoms with Gasteiger partial charge in [0.05, 0.1) is 6.04 Å². The second-order valence-electron chi connectivity index (χ2n) is 9.84. The lowest BCUT2D eigenvalue weighted by Gasteiger charge is -2.31. The van der Waals surface area contributed by atoms with E-state index in [1.807, 2.05) is 43.3 Å². The summed E-state index contributed by atoms with van der Waals surface area (Å²) >= 11 is 1.75. The summed E-state index contributed by atoms with van der Waals surface area (Å²) in [5.74, 6) is 2.29. The van der Waals surface area contributed by atoms with E-state index in [9.17, 15) is 4.79 Å². The summed E-state index contributed by atoms with van der Waals surface area (Å²) in [6, 6.07) is 14.2. The molecule has 3 rings (SSSR count). The van der Waals surface area contributed by atoms with Crippen LogP contribution in [0, 0.1) is 13.8 Å². The summed E-state index contributed by atoms with van der Waals surface area (Å²) in [6.07, 6.45) is 4.80. The molecular formula is C29H41N5OS. The lowest BCUT2D eigenvalue weighted by atomic mass is 10.0. The molecule has 0 saturated heterocycles. The van der Waals surface area contributed by atoms with Gasteiger partial charge in [0.1, 0.15) is 11.6 Å². The Labute approximate surface area is 220 Å². The van der Waals surface area contributed by atoms with Crippen molar-refractivity contribution in [1.29, 1.82) is 0 Å². The minimum atomic E-state index is -0.0427. The summed E-state index contributed by atoms with van der Waals surface area (Å²) in [5.41, 5.74) is 0.684. The highest BCUT2D eigenvalue weighted by molar-refractivity contribution is 7.12. The molecule has 0 bridgehead atoms. The topological polar surface area (TPSA) is 63.1 Å². The van der Waals surface area contributed by atoms with Gasteiger partial charge in [0.15, 0.2) is 0 Å². The second kappa shape index (κ2) is 13.0. The Balaban J connectivity index is 1.71. The first-order valence-corrected chi connectivity index (χ1v) is 13.7. The fourth-order valence-electron chi connectivity index (χ4n) is 4.68. The molecule has 0 fully saturated rings. The van der Waals surface area contributed by atoms with Crippen molar-refractivity contribution in [2.45, 2.75) is 77.9 Å². The molecule has 36 heavy (non-hydrogen) atoms. The molecule has 1 N–H and O–H groups in total. The van der Waals surface area contributed by atoms with Crippen LogP contribution in [0.25, 0.3) is 0 Å². The molecule has 6 nitrogen and oxygen atoms in total. The van der Waals surface area contributed by atoms with Crippen molar-refractivity contribution in [1.82, 2.24) is 25.0 Å². The molecule has 0 aliphatic carbocycles. The zero-order chi connectivity index (χ0) is 26.2. The maximum Gasteiger partial charge on any atom is 0.251 e. The van der Waals surface area contributed by atoms with Gasteiger partial charge in [0, 0.05) is 39.9 Å². The minimum absolute atomic E-state index is 0.0371. The number of likely N-dealkylation sites (N-methyl/N-ethyl adjacent to an activating group) is 1. The van der Waals surface area contributed by atoms with Gasteiger partial charge in [-0.15, -0.1) is 28.1 Å². The van der Waals surface area contributed by atoms with Gasteiger partial charge in [-0.2, -0.15) is 0 Å². The molecule has 1 aromatic carbocycles. The molecule has 1 amide bonds. The van der Waals surface area contributed by atoms with Crippen molar-refractivity contribution in [3.8, 4) is 0 Å². The summed E-state index contributed by atoms with van der Waals surface area (Å²) < 4.78 is 2.31. The van der Waals surface area contributed by atoms with Crippen LogP contribution in [0.1, 0.15) is 89.8 Å². The summed E-state index contributed by atoms with van der Waals surface area (Å²) in [6.45, 7) is 15.7. The number of benzene rings is 1. The number of aryl methyl sites for hydroxylation is 2. The van der Waals surface area contributed by atoms with Crippen molar-refractivity contribution in [2.24, 2.45) is 0 Å². The van der Waals surface area contributed by atoms with Gasteiger partial charge < -0.3 is 9.88 Å². The van der Waals surface area contributed by atoms with Gasteiger partial charge in [-0.3, -0.25) is 9.69 Å². The van der Waals surface area contributed by atoms with E-state index in [2.05, 4.69) is 78.4 Å². The quantitative estimate of drug-likeness (QED) is 0.269. The molecule has 0 saturated carbocycles. The van der Waals surface area contributed by atoms with Crippen LogP contribution in [-0.4, -0.2) is 45.2 Å². The fraction of sp³-hybridized carbons (Fsp3) is 0.483. The van der Waals surface area contributed by atoms with Gasteiger partial charge in [-0.05, 0) is 64.4 Å². The number of amides is 1. The maximum atomic E-state index is 13.0. The van der Waals surface area contributed by atoms with E-state index >= 15 is 0 Å². The third kappa shape index (κ3) is 6.92. The van der Waals surface area contributed by atoms with Crippen molar-refractivity contribution < 1.29 is 4.79 Å². The molecule has 2 heterocycles. The molecule has 3 unspecified atom stereocenters. The molecule has 0 aliphatic heterocycles. The van der Waals surface area contributed by atoms with Crippen LogP contribution in [0.4, 0.5) is 0 Å². The number of carbonyl (C=O) groups excluding carboxylic acids is 1. The zero-order valence-electron chi connectivity index (χ0n) is 22.6. The first-order chi connectivity index (χ1) is 17.2. The van der Waals surface area contributed by atoms with Crippen LogP contribution >= 0.6 is 11.3 Å². The molecular weight excluding hydrogens is 466 g/mol. The molecule has 3 aromatic rings. The van der Waals surface area contributed by atoms with Gasteiger partial charge in [-0.1, -0.05) is 45.0 Å². The van der Waals surface area contributed by atoms with Crippen LogP contribution in [0.2, 0.25) is 0 Å². The number of nitrogens with one attached hydrogen (secondary N) is 1. The molecule has 2 aromatic heterocycles. The van der Waals surface area contributed by atoms with Crippen molar-refractivity contribution in [3.05, 3.63) is 82.1 Å². The average Bonchev–Trinajstić information content (AvgIpc) is 3.48. The first kappa shape index (κ1) is 27.8. The van der Waals surface area contributed by atoms with E-state index in [-0.39, 0.29) is 18.0 Å². The molecule has 194 valence electrons. The predicted molar refractivity (Wildman–Crippen MR) is 150 cm³/mol. The third-order valence-electron chi connectivity index (χ3n) is 6.81. The van der Waals surface area contributed by atoms with Crippen LogP contribution in [0.5, 0.6) is 0 Å². The van der Waals surface area contributed by atoms with E-state index in [0.29, 0.717) is 17.5 Å². The van der Waals surface area contributed by atoms with E-state index in [4.69, 9.17) is 0 Å². The summed E-state index contributed by atoms with van der Waals surface area (Å²) in [4.78, 5) is 17.7. The van der Waals surface area contributed by atoms with Crippen molar-refractivity contribution in [2.75, 3.05) is 13.6 Å². The van der Waals surface area contributed by atoms with Crippen molar-refractivity contribution in [3.63, 3.8) is 0 Å². The van der Waals surface area contributed by atoms with Crippen LogP contribution in [0.3, 0.4) is 0 Å². The van der Waals surface area contributed by atoms with E-state index in [1.165, 1.54) is 9.75 Å². The zero-order valence-corrected chi connectivity index (χ0v) is 23.4. The van der Waals surface area contributed by atoms with Crippen LogP contribution < -0.4 is 5.32 Å². The normalized spacial score (nSPS) is 14.1. The maximum absolute atomic E-state index is 13.0. The molecule has 3 atom stereocenters. The SMILES string of the molecule is C=CC(CC(CC)n1c(C)nnc1C(C)C)N(C)CCC(NC(=O)c1ccccc1)c1ccc(C)s1. The smallest absolute Gasteiger partial charge is 0.251 e. The number of thiophene rings is 1. The molecule has 0 radical (unpaired) electrons. The minimum Gasteiger partial charge on any atom is -0.344 e. The Bertz CT molecular complexity index is 1120.